The molecule has 0 aliphatic carbocycles. The van der Waals surface area contributed by atoms with Crippen molar-refractivity contribution in [3.8, 4) is 5.69 Å². The van der Waals surface area contributed by atoms with Crippen LogP contribution in [0.2, 0.25) is 0 Å². The Morgan fingerprint density at radius 1 is 1.09 bits per heavy atom. The van der Waals surface area contributed by atoms with E-state index < -0.39 is 4.92 Å². The summed E-state index contributed by atoms with van der Waals surface area (Å²) in [6.45, 7) is 1.66. The second-order valence-electron chi connectivity index (χ2n) is 4.56. The molecule has 0 bridgehead atoms. The van der Waals surface area contributed by atoms with Crippen molar-refractivity contribution in [2.45, 2.75) is 6.92 Å². The van der Waals surface area contributed by atoms with E-state index in [0.29, 0.717) is 16.7 Å². The summed E-state index contributed by atoms with van der Waals surface area (Å²) in [6.07, 6.45) is 0. The summed E-state index contributed by atoms with van der Waals surface area (Å²) >= 11 is 0. The van der Waals surface area contributed by atoms with Gasteiger partial charge in [0, 0.05) is 6.07 Å². The van der Waals surface area contributed by atoms with Crippen molar-refractivity contribution in [3.05, 3.63) is 74.8 Å². The molecule has 0 atom stereocenters. The molecule has 1 heterocycles. The first-order valence-corrected chi connectivity index (χ1v) is 6.32. The van der Waals surface area contributed by atoms with Crippen LogP contribution >= 0.6 is 12.4 Å². The lowest BCUT2D eigenvalue weighted by atomic mass is 10.2. The van der Waals surface area contributed by atoms with Crippen LogP contribution in [0.3, 0.4) is 0 Å². The number of hydrogen-bond donors (Lipinski definition) is 0. The van der Waals surface area contributed by atoms with Crippen LogP contribution in [0.1, 0.15) is 5.82 Å². The van der Waals surface area contributed by atoms with E-state index in [1.54, 1.807) is 49.4 Å². The number of benzene rings is 2. The predicted molar refractivity (Wildman–Crippen MR) is 86.0 cm³/mol. The number of nitro groups is 1. The molecule has 2 aromatic carbocycles. The normalized spacial score (nSPS) is 10.2. The van der Waals surface area contributed by atoms with Gasteiger partial charge in [-0.15, -0.1) is 12.4 Å². The quantitative estimate of drug-likeness (QED) is 0.537. The molecule has 1 aromatic heterocycles. The van der Waals surface area contributed by atoms with Crippen molar-refractivity contribution in [1.29, 1.82) is 0 Å². The Morgan fingerprint density at radius 2 is 1.73 bits per heavy atom. The first-order chi connectivity index (χ1) is 10.1. The van der Waals surface area contributed by atoms with E-state index in [1.165, 1.54) is 10.6 Å². The number of aromatic nitrogens is 2. The molecule has 0 N–H and O–H groups in total. The van der Waals surface area contributed by atoms with Gasteiger partial charge in [-0.2, -0.15) is 0 Å². The summed E-state index contributed by atoms with van der Waals surface area (Å²) in [5.41, 5.74) is 0.366. The highest BCUT2D eigenvalue weighted by atomic mass is 35.5. The Kier molecular flexibility index (Phi) is 4.23. The van der Waals surface area contributed by atoms with Gasteiger partial charge in [-0.3, -0.25) is 19.5 Å². The fourth-order valence-corrected chi connectivity index (χ4v) is 2.34. The molecular formula is C15H12ClN3O3. The monoisotopic (exact) mass is 317 g/mol. The van der Waals surface area contributed by atoms with Crippen LogP contribution in [0, 0.1) is 17.0 Å². The van der Waals surface area contributed by atoms with Crippen LogP contribution in [-0.2, 0) is 0 Å². The third kappa shape index (κ3) is 2.44. The second kappa shape index (κ2) is 5.95. The number of nitrogens with zero attached hydrogens (tertiary/aromatic N) is 3. The van der Waals surface area contributed by atoms with E-state index in [2.05, 4.69) is 4.98 Å². The SMILES string of the molecule is Cc1nc2ccccc2c(=O)n1-c1ccccc1[N+](=O)[O-].Cl. The van der Waals surface area contributed by atoms with E-state index in [4.69, 9.17) is 0 Å². The minimum atomic E-state index is -0.504. The highest BCUT2D eigenvalue weighted by Crippen LogP contribution is 2.22. The van der Waals surface area contributed by atoms with Gasteiger partial charge in [0.1, 0.15) is 11.5 Å². The van der Waals surface area contributed by atoms with Crippen LogP contribution in [0.5, 0.6) is 0 Å². The highest BCUT2D eigenvalue weighted by molar-refractivity contribution is 5.85. The van der Waals surface area contributed by atoms with Gasteiger partial charge >= 0.3 is 0 Å². The Morgan fingerprint density at radius 3 is 2.45 bits per heavy atom. The topological polar surface area (TPSA) is 78.0 Å². The molecule has 6 nitrogen and oxygen atoms in total. The molecule has 0 spiro atoms. The van der Waals surface area contributed by atoms with Crippen LogP contribution in [-0.4, -0.2) is 14.5 Å². The molecule has 0 amide bonds. The lowest BCUT2D eigenvalue weighted by Crippen LogP contribution is -2.23. The molecule has 0 unspecified atom stereocenters. The molecule has 22 heavy (non-hydrogen) atoms. The van der Waals surface area contributed by atoms with Crippen molar-refractivity contribution >= 4 is 29.0 Å². The third-order valence-electron chi connectivity index (χ3n) is 3.26. The average molecular weight is 318 g/mol. The number of halogens is 1. The summed E-state index contributed by atoms with van der Waals surface area (Å²) in [5, 5.41) is 11.6. The first-order valence-electron chi connectivity index (χ1n) is 6.32. The summed E-state index contributed by atoms with van der Waals surface area (Å²) in [7, 11) is 0. The second-order valence-corrected chi connectivity index (χ2v) is 4.56. The lowest BCUT2D eigenvalue weighted by Gasteiger charge is -2.10. The summed E-state index contributed by atoms with van der Waals surface area (Å²) in [6, 6.07) is 13.1. The summed E-state index contributed by atoms with van der Waals surface area (Å²) < 4.78 is 1.28. The zero-order valence-corrected chi connectivity index (χ0v) is 12.4. The number of para-hydroxylation sites is 3. The van der Waals surface area contributed by atoms with Gasteiger partial charge in [-0.1, -0.05) is 24.3 Å². The van der Waals surface area contributed by atoms with Crippen LogP contribution in [0.25, 0.3) is 16.6 Å². The Bertz CT molecular complexity index is 921. The molecule has 0 aliphatic heterocycles. The summed E-state index contributed by atoms with van der Waals surface area (Å²) in [5.74, 6) is 0.410. The molecule has 3 rings (SSSR count). The predicted octanol–water partition coefficient (Wildman–Crippen LogP) is 3.02. The van der Waals surface area contributed by atoms with E-state index in [1.807, 2.05) is 0 Å². The zero-order chi connectivity index (χ0) is 15.0. The number of nitro benzene ring substituents is 1. The number of fused-ring (bicyclic) bond motifs is 1. The molecule has 0 radical (unpaired) electrons. The van der Waals surface area contributed by atoms with Gasteiger partial charge in [-0.25, -0.2) is 4.98 Å². The Labute approximate surface area is 131 Å². The van der Waals surface area contributed by atoms with E-state index >= 15 is 0 Å². The van der Waals surface area contributed by atoms with E-state index in [0.717, 1.165) is 0 Å². The van der Waals surface area contributed by atoms with Gasteiger partial charge in [-0.05, 0) is 25.1 Å². The van der Waals surface area contributed by atoms with Gasteiger partial charge in [0.2, 0.25) is 0 Å². The Balaban J connectivity index is 0.00000176. The molecule has 3 aromatic rings. The molecule has 7 heteroatoms. The average Bonchev–Trinajstić information content (AvgIpc) is 2.47. The number of aryl methyl sites for hydroxylation is 1. The maximum Gasteiger partial charge on any atom is 0.293 e. The maximum absolute atomic E-state index is 12.6. The van der Waals surface area contributed by atoms with E-state index in [9.17, 15) is 14.9 Å². The standard InChI is InChI=1S/C15H11N3O3.ClH/c1-10-16-12-7-3-2-6-11(12)15(19)17(10)13-8-4-5-9-14(13)18(20)21;/h2-9H,1H3;1H. The smallest absolute Gasteiger partial charge is 0.268 e. The molecule has 0 saturated carbocycles. The van der Waals surface area contributed by atoms with Crippen molar-refractivity contribution < 1.29 is 4.92 Å². The Hall–Kier alpha value is -2.73. The van der Waals surface area contributed by atoms with Crippen LogP contribution < -0.4 is 5.56 Å². The molecule has 112 valence electrons. The molecular weight excluding hydrogens is 306 g/mol. The van der Waals surface area contributed by atoms with Crippen LogP contribution in [0.4, 0.5) is 5.69 Å². The number of rotatable bonds is 2. The highest BCUT2D eigenvalue weighted by Gasteiger charge is 2.18. The fraction of sp³-hybridized carbons (Fsp3) is 0.0667. The molecule has 0 saturated heterocycles. The van der Waals surface area contributed by atoms with Gasteiger partial charge in [0.15, 0.2) is 0 Å². The summed E-state index contributed by atoms with van der Waals surface area (Å²) in [4.78, 5) is 27.6. The zero-order valence-electron chi connectivity index (χ0n) is 11.6. The third-order valence-corrected chi connectivity index (χ3v) is 3.26. The lowest BCUT2D eigenvalue weighted by molar-refractivity contribution is -0.384. The van der Waals surface area contributed by atoms with Crippen molar-refractivity contribution in [3.63, 3.8) is 0 Å². The molecule has 0 aliphatic rings. The molecule has 0 fully saturated rings. The van der Waals surface area contributed by atoms with E-state index in [-0.39, 0.29) is 29.3 Å². The minimum absolute atomic E-state index is 0. The number of hydrogen-bond acceptors (Lipinski definition) is 4. The fourth-order valence-electron chi connectivity index (χ4n) is 2.34. The van der Waals surface area contributed by atoms with Gasteiger partial charge < -0.3 is 0 Å². The maximum atomic E-state index is 12.6. The largest absolute Gasteiger partial charge is 0.293 e. The van der Waals surface area contributed by atoms with Crippen LogP contribution in [0.15, 0.2) is 53.3 Å². The minimum Gasteiger partial charge on any atom is -0.268 e. The first kappa shape index (κ1) is 15.7. The van der Waals surface area contributed by atoms with Crippen molar-refractivity contribution in [2.24, 2.45) is 0 Å². The van der Waals surface area contributed by atoms with Gasteiger partial charge in [0.05, 0.1) is 15.8 Å². The van der Waals surface area contributed by atoms with Gasteiger partial charge in [0.25, 0.3) is 11.2 Å². The van der Waals surface area contributed by atoms with Crippen molar-refractivity contribution in [2.75, 3.05) is 0 Å². The van der Waals surface area contributed by atoms with Crippen molar-refractivity contribution in [1.82, 2.24) is 9.55 Å².